The molecular formula is C16H12F2N2O6. The van der Waals surface area contributed by atoms with E-state index in [4.69, 9.17) is 4.74 Å². The first-order valence-corrected chi connectivity index (χ1v) is 7.11. The number of hydrogen-bond donors (Lipinski definition) is 1. The van der Waals surface area contributed by atoms with E-state index in [1.807, 2.05) is 0 Å². The summed E-state index contributed by atoms with van der Waals surface area (Å²) in [5, 5.41) is 13.0. The van der Waals surface area contributed by atoms with Gasteiger partial charge < -0.3 is 14.8 Å². The highest BCUT2D eigenvalue weighted by molar-refractivity contribution is 5.93. The second kappa shape index (κ2) is 8.51. The molecule has 0 saturated carbocycles. The second-order valence-corrected chi connectivity index (χ2v) is 4.81. The number of rotatable bonds is 8. The van der Waals surface area contributed by atoms with Crippen molar-refractivity contribution in [1.29, 1.82) is 0 Å². The number of nitrogens with one attached hydrogen (secondary N) is 1. The van der Waals surface area contributed by atoms with E-state index in [0.29, 0.717) is 6.29 Å². The Morgan fingerprint density at radius 3 is 2.62 bits per heavy atom. The Balaban J connectivity index is 2.04. The van der Waals surface area contributed by atoms with Gasteiger partial charge in [-0.2, -0.15) is 8.78 Å². The third kappa shape index (κ3) is 4.97. The minimum Gasteiger partial charge on any atom is -0.483 e. The van der Waals surface area contributed by atoms with E-state index in [1.54, 1.807) is 0 Å². The molecule has 0 heterocycles. The molecule has 26 heavy (non-hydrogen) atoms. The average Bonchev–Trinajstić information content (AvgIpc) is 2.61. The topological polar surface area (TPSA) is 108 Å². The first-order valence-electron chi connectivity index (χ1n) is 7.11. The molecule has 0 radical (unpaired) electrons. The van der Waals surface area contributed by atoms with Crippen molar-refractivity contribution >= 4 is 23.6 Å². The zero-order valence-electron chi connectivity index (χ0n) is 13.1. The quantitative estimate of drug-likeness (QED) is 0.437. The van der Waals surface area contributed by atoms with E-state index in [-0.39, 0.29) is 28.4 Å². The lowest BCUT2D eigenvalue weighted by molar-refractivity contribution is -0.384. The third-order valence-corrected chi connectivity index (χ3v) is 3.07. The van der Waals surface area contributed by atoms with E-state index < -0.39 is 24.0 Å². The molecule has 0 fully saturated rings. The summed E-state index contributed by atoms with van der Waals surface area (Å²) in [6, 6.07) is 8.88. The van der Waals surface area contributed by atoms with Crippen LogP contribution in [-0.4, -0.2) is 30.3 Å². The van der Waals surface area contributed by atoms with Crippen molar-refractivity contribution in [2.45, 2.75) is 6.61 Å². The lowest BCUT2D eigenvalue weighted by atomic mass is 10.2. The second-order valence-electron chi connectivity index (χ2n) is 4.81. The van der Waals surface area contributed by atoms with E-state index in [0.717, 1.165) is 12.1 Å². The number of nitro benzene ring substituents is 1. The summed E-state index contributed by atoms with van der Waals surface area (Å²) in [4.78, 5) is 32.9. The van der Waals surface area contributed by atoms with Crippen LogP contribution in [0.2, 0.25) is 0 Å². The highest BCUT2D eigenvalue weighted by Crippen LogP contribution is 2.26. The Kier molecular flexibility index (Phi) is 6.15. The van der Waals surface area contributed by atoms with Gasteiger partial charge in [0.2, 0.25) is 0 Å². The fourth-order valence-corrected chi connectivity index (χ4v) is 1.97. The molecule has 1 amide bonds. The molecular weight excluding hydrogens is 354 g/mol. The van der Waals surface area contributed by atoms with Gasteiger partial charge in [-0.25, -0.2) is 0 Å². The van der Waals surface area contributed by atoms with Crippen molar-refractivity contribution in [2.75, 3.05) is 11.9 Å². The molecule has 8 nitrogen and oxygen atoms in total. The van der Waals surface area contributed by atoms with Crippen LogP contribution in [0.4, 0.5) is 20.2 Å². The number of halogens is 2. The lowest BCUT2D eigenvalue weighted by Gasteiger charge is -2.12. The predicted molar refractivity (Wildman–Crippen MR) is 85.7 cm³/mol. The van der Waals surface area contributed by atoms with Gasteiger partial charge in [0.1, 0.15) is 11.5 Å². The molecule has 2 aromatic carbocycles. The van der Waals surface area contributed by atoms with E-state index in [9.17, 15) is 28.5 Å². The van der Waals surface area contributed by atoms with Gasteiger partial charge in [-0.15, -0.1) is 0 Å². The number of carbonyl (C=O) groups is 2. The van der Waals surface area contributed by atoms with Gasteiger partial charge in [0.05, 0.1) is 16.2 Å². The summed E-state index contributed by atoms with van der Waals surface area (Å²) in [6.45, 7) is -3.61. The summed E-state index contributed by atoms with van der Waals surface area (Å²) < 4.78 is 34.1. The molecule has 1 N–H and O–H groups in total. The fraction of sp³-hybridized carbons (Fsp3) is 0.125. The Bertz CT molecular complexity index is 828. The maximum Gasteiger partial charge on any atom is 0.387 e. The maximum atomic E-state index is 12.3. The maximum absolute atomic E-state index is 12.3. The minimum atomic E-state index is -3.06. The van der Waals surface area contributed by atoms with Crippen LogP contribution >= 0.6 is 0 Å². The summed E-state index contributed by atoms with van der Waals surface area (Å²) in [5.74, 6) is -0.955. The number of hydrogen-bond acceptors (Lipinski definition) is 6. The fourth-order valence-electron chi connectivity index (χ4n) is 1.97. The average molecular weight is 366 g/mol. The van der Waals surface area contributed by atoms with Crippen molar-refractivity contribution in [1.82, 2.24) is 0 Å². The number of para-hydroxylation sites is 2. The molecule has 2 rings (SSSR count). The van der Waals surface area contributed by atoms with Crippen LogP contribution in [-0.2, 0) is 4.79 Å². The Morgan fingerprint density at radius 1 is 1.23 bits per heavy atom. The van der Waals surface area contributed by atoms with Crippen LogP contribution in [0.25, 0.3) is 0 Å². The standard InChI is InChI=1S/C16H12F2N2O6/c17-16(18)26-14-4-2-1-3-12(14)19-15(22)9-25-13-6-5-11(20(23)24)7-10(13)8-21/h1-8,16H,9H2,(H,19,22). The van der Waals surface area contributed by atoms with E-state index in [2.05, 4.69) is 10.1 Å². The predicted octanol–water partition coefficient (Wildman–Crippen LogP) is 3.03. The van der Waals surface area contributed by atoms with Crippen LogP contribution in [0.1, 0.15) is 10.4 Å². The van der Waals surface area contributed by atoms with Gasteiger partial charge in [0.15, 0.2) is 12.9 Å². The largest absolute Gasteiger partial charge is 0.483 e. The summed E-state index contributed by atoms with van der Waals surface area (Å²) >= 11 is 0. The van der Waals surface area contributed by atoms with Crippen LogP contribution in [0.3, 0.4) is 0 Å². The van der Waals surface area contributed by atoms with Crippen molar-refractivity contribution in [3.8, 4) is 11.5 Å². The highest BCUT2D eigenvalue weighted by Gasteiger charge is 2.14. The molecule has 0 aliphatic carbocycles. The number of carbonyl (C=O) groups excluding carboxylic acids is 2. The first kappa shape index (κ1) is 18.8. The number of amides is 1. The molecule has 0 unspecified atom stereocenters. The molecule has 0 atom stereocenters. The molecule has 10 heteroatoms. The Hall–Kier alpha value is -3.56. The Morgan fingerprint density at radius 2 is 1.96 bits per heavy atom. The number of alkyl halides is 2. The summed E-state index contributed by atoms with van der Waals surface area (Å²) in [7, 11) is 0. The number of ether oxygens (including phenoxy) is 2. The number of non-ortho nitro benzene ring substituents is 1. The van der Waals surface area contributed by atoms with Gasteiger partial charge in [0.25, 0.3) is 11.6 Å². The SMILES string of the molecule is O=Cc1cc([N+](=O)[O-])ccc1OCC(=O)Nc1ccccc1OC(F)F. The Labute approximate surface area is 145 Å². The molecule has 136 valence electrons. The van der Waals surface area contributed by atoms with E-state index >= 15 is 0 Å². The van der Waals surface area contributed by atoms with Gasteiger partial charge in [-0.1, -0.05) is 12.1 Å². The van der Waals surface area contributed by atoms with Crippen LogP contribution < -0.4 is 14.8 Å². The molecule has 0 aromatic heterocycles. The smallest absolute Gasteiger partial charge is 0.387 e. The molecule has 0 aliphatic heterocycles. The number of nitro groups is 1. The van der Waals surface area contributed by atoms with Gasteiger partial charge >= 0.3 is 6.61 Å². The number of nitrogens with zero attached hydrogens (tertiary/aromatic N) is 1. The number of anilines is 1. The van der Waals surface area contributed by atoms with Crippen molar-refractivity contribution in [3.63, 3.8) is 0 Å². The molecule has 2 aromatic rings. The summed E-state index contributed by atoms with van der Waals surface area (Å²) in [5.41, 5.74) is -0.392. The zero-order chi connectivity index (χ0) is 19.1. The van der Waals surface area contributed by atoms with Crippen LogP contribution in [0.15, 0.2) is 42.5 Å². The van der Waals surface area contributed by atoms with Gasteiger partial charge in [-0.05, 0) is 18.2 Å². The van der Waals surface area contributed by atoms with Gasteiger partial charge in [0, 0.05) is 12.1 Å². The lowest BCUT2D eigenvalue weighted by Crippen LogP contribution is -2.21. The number of aldehydes is 1. The highest BCUT2D eigenvalue weighted by atomic mass is 19.3. The van der Waals surface area contributed by atoms with Crippen molar-refractivity contribution in [2.24, 2.45) is 0 Å². The molecule has 0 bridgehead atoms. The van der Waals surface area contributed by atoms with E-state index in [1.165, 1.54) is 30.3 Å². The van der Waals surface area contributed by atoms with Crippen LogP contribution in [0, 0.1) is 10.1 Å². The van der Waals surface area contributed by atoms with Crippen molar-refractivity contribution < 1.29 is 32.8 Å². The molecule has 0 saturated heterocycles. The van der Waals surface area contributed by atoms with Crippen LogP contribution in [0.5, 0.6) is 11.5 Å². The zero-order valence-corrected chi connectivity index (χ0v) is 13.1. The van der Waals surface area contributed by atoms with Gasteiger partial charge in [-0.3, -0.25) is 19.7 Å². The normalized spacial score (nSPS) is 10.3. The number of benzene rings is 2. The molecule has 0 aliphatic rings. The summed E-state index contributed by atoms with van der Waals surface area (Å²) in [6.07, 6.45) is 0.353. The first-order chi connectivity index (χ1) is 12.4. The minimum absolute atomic E-state index is 0.0145. The monoisotopic (exact) mass is 366 g/mol. The molecule has 0 spiro atoms. The third-order valence-electron chi connectivity index (χ3n) is 3.07. The van der Waals surface area contributed by atoms with Crippen molar-refractivity contribution in [3.05, 3.63) is 58.1 Å².